The van der Waals surface area contributed by atoms with Crippen LogP contribution in [0.2, 0.25) is 0 Å². The fourth-order valence-electron chi connectivity index (χ4n) is 1.24. The number of hydrogen-bond acceptors (Lipinski definition) is 4. The number of nitrogens with one attached hydrogen (secondary N) is 1. The SMILES string of the molecule is CCC(=O)N(CC)/C(S)=C(\C#N)C(=O)NCC(F)(F)F. The van der Waals surface area contributed by atoms with Gasteiger partial charge < -0.3 is 10.2 Å². The number of rotatable bonds is 5. The Hall–Kier alpha value is -1.69. The summed E-state index contributed by atoms with van der Waals surface area (Å²) in [5, 5.41) is 10.2. The van der Waals surface area contributed by atoms with E-state index in [0.29, 0.717) is 0 Å². The van der Waals surface area contributed by atoms with Crippen molar-refractivity contribution in [3.8, 4) is 6.07 Å². The first-order valence-electron chi connectivity index (χ1n) is 5.66. The first-order valence-corrected chi connectivity index (χ1v) is 6.11. The van der Waals surface area contributed by atoms with Crippen LogP contribution in [-0.4, -0.2) is 36.0 Å². The standard InChI is InChI=1S/C11H14F3N3O2S/c1-3-8(18)17(4-2)10(20)7(5-15)9(19)16-6-11(12,13)14/h20H,3-4,6H2,1-2H3,(H,16,19)/b10-7-. The number of hydrogen-bond donors (Lipinski definition) is 2. The molecule has 0 aliphatic heterocycles. The van der Waals surface area contributed by atoms with Gasteiger partial charge in [-0.2, -0.15) is 18.4 Å². The summed E-state index contributed by atoms with van der Waals surface area (Å²) in [5.41, 5.74) is -0.638. The molecule has 112 valence electrons. The summed E-state index contributed by atoms with van der Waals surface area (Å²) in [6, 6.07) is 1.46. The zero-order valence-electron chi connectivity index (χ0n) is 10.9. The lowest BCUT2D eigenvalue weighted by Gasteiger charge is -2.21. The van der Waals surface area contributed by atoms with Crippen molar-refractivity contribution >= 4 is 24.4 Å². The summed E-state index contributed by atoms with van der Waals surface area (Å²) in [6.07, 6.45) is -4.47. The minimum atomic E-state index is -4.59. The van der Waals surface area contributed by atoms with Crippen molar-refractivity contribution in [1.82, 2.24) is 10.2 Å². The fourth-order valence-corrected chi connectivity index (χ4v) is 1.65. The number of nitrogens with zero attached hydrogens (tertiary/aromatic N) is 2. The molecule has 0 fully saturated rings. The van der Waals surface area contributed by atoms with E-state index in [2.05, 4.69) is 12.6 Å². The van der Waals surface area contributed by atoms with Crippen LogP contribution in [-0.2, 0) is 9.59 Å². The molecule has 0 unspecified atom stereocenters. The number of carbonyl (C=O) groups is 2. The van der Waals surface area contributed by atoms with Crippen LogP contribution in [0, 0.1) is 11.3 Å². The first-order chi connectivity index (χ1) is 9.17. The average Bonchev–Trinajstić information content (AvgIpc) is 2.37. The molecule has 1 N–H and O–H groups in total. The number of nitriles is 1. The smallest absolute Gasteiger partial charge is 0.342 e. The van der Waals surface area contributed by atoms with E-state index in [1.165, 1.54) is 6.07 Å². The van der Waals surface area contributed by atoms with Gasteiger partial charge in [0.05, 0.1) is 5.03 Å². The summed E-state index contributed by atoms with van der Waals surface area (Å²) < 4.78 is 36.0. The predicted octanol–water partition coefficient (Wildman–Crippen LogP) is 1.59. The van der Waals surface area contributed by atoms with Crippen LogP contribution < -0.4 is 5.32 Å². The Bertz CT molecular complexity index is 455. The number of halogens is 3. The fraction of sp³-hybridized carbons (Fsp3) is 0.545. The highest BCUT2D eigenvalue weighted by Crippen LogP contribution is 2.17. The molecular formula is C11H14F3N3O2S. The van der Waals surface area contributed by atoms with Gasteiger partial charge in [0.2, 0.25) is 5.91 Å². The molecule has 0 radical (unpaired) electrons. The highest BCUT2D eigenvalue weighted by molar-refractivity contribution is 7.84. The van der Waals surface area contributed by atoms with Crippen molar-refractivity contribution in [2.45, 2.75) is 26.4 Å². The molecule has 0 aliphatic carbocycles. The summed E-state index contributed by atoms with van der Waals surface area (Å²) in [7, 11) is 0. The Balaban J connectivity index is 5.21. The van der Waals surface area contributed by atoms with Gasteiger partial charge in [-0.1, -0.05) is 6.92 Å². The third-order valence-corrected chi connectivity index (χ3v) is 2.65. The summed E-state index contributed by atoms with van der Waals surface area (Å²) in [6.45, 7) is 1.74. The van der Waals surface area contributed by atoms with Gasteiger partial charge in [0.1, 0.15) is 18.2 Å². The van der Waals surface area contributed by atoms with Gasteiger partial charge in [-0.05, 0) is 6.92 Å². The molecule has 0 saturated heterocycles. The molecular weight excluding hydrogens is 295 g/mol. The van der Waals surface area contributed by atoms with Crippen molar-refractivity contribution in [1.29, 1.82) is 5.26 Å². The lowest BCUT2D eigenvalue weighted by Crippen LogP contribution is -2.36. The largest absolute Gasteiger partial charge is 0.405 e. The molecule has 9 heteroatoms. The number of alkyl halides is 3. The maximum atomic E-state index is 12.0. The monoisotopic (exact) mass is 309 g/mol. The van der Waals surface area contributed by atoms with Crippen LogP contribution in [0.15, 0.2) is 10.6 Å². The van der Waals surface area contributed by atoms with E-state index in [9.17, 15) is 22.8 Å². The van der Waals surface area contributed by atoms with E-state index in [1.807, 2.05) is 0 Å². The maximum absolute atomic E-state index is 12.0. The third-order valence-electron chi connectivity index (χ3n) is 2.19. The van der Waals surface area contributed by atoms with Gasteiger partial charge in [-0.15, -0.1) is 12.6 Å². The highest BCUT2D eigenvalue weighted by Gasteiger charge is 2.29. The zero-order valence-corrected chi connectivity index (χ0v) is 11.8. The summed E-state index contributed by atoms with van der Waals surface area (Å²) >= 11 is 3.90. The molecule has 0 atom stereocenters. The van der Waals surface area contributed by atoms with Gasteiger partial charge >= 0.3 is 6.18 Å². The molecule has 0 heterocycles. The number of carbonyl (C=O) groups excluding carboxylic acids is 2. The Morgan fingerprint density at radius 1 is 1.35 bits per heavy atom. The van der Waals surface area contributed by atoms with Gasteiger partial charge in [0.15, 0.2) is 0 Å². The summed E-state index contributed by atoms with van der Waals surface area (Å²) in [4.78, 5) is 24.1. The minimum Gasteiger partial charge on any atom is -0.342 e. The van der Waals surface area contributed by atoms with Gasteiger partial charge in [-0.25, -0.2) is 0 Å². The lowest BCUT2D eigenvalue weighted by atomic mass is 10.2. The Kier molecular flexibility index (Phi) is 7.13. The van der Waals surface area contributed by atoms with Crippen molar-refractivity contribution in [2.24, 2.45) is 0 Å². The minimum absolute atomic E-state index is 0.112. The molecule has 0 aromatic rings. The molecule has 0 aromatic heterocycles. The molecule has 0 bridgehead atoms. The second-order valence-corrected chi connectivity index (χ2v) is 4.02. The molecule has 2 amide bonds. The highest BCUT2D eigenvalue weighted by atomic mass is 32.1. The van der Waals surface area contributed by atoms with Crippen LogP contribution in [0.25, 0.3) is 0 Å². The van der Waals surface area contributed by atoms with Crippen LogP contribution in [0.3, 0.4) is 0 Å². The maximum Gasteiger partial charge on any atom is 0.405 e. The van der Waals surface area contributed by atoms with E-state index in [0.717, 1.165) is 4.90 Å². The van der Waals surface area contributed by atoms with E-state index in [-0.39, 0.29) is 18.0 Å². The van der Waals surface area contributed by atoms with Gasteiger partial charge in [0.25, 0.3) is 5.91 Å². The van der Waals surface area contributed by atoms with Crippen LogP contribution in [0.4, 0.5) is 13.2 Å². The average molecular weight is 309 g/mol. The Labute approximate surface area is 119 Å². The molecule has 0 aliphatic rings. The van der Waals surface area contributed by atoms with Gasteiger partial charge in [-0.3, -0.25) is 9.59 Å². The molecule has 0 spiro atoms. The Morgan fingerprint density at radius 2 is 1.90 bits per heavy atom. The van der Waals surface area contributed by atoms with E-state index in [4.69, 9.17) is 5.26 Å². The Morgan fingerprint density at radius 3 is 2.25 bits per heavy atom. The predicted molar refractivity (Wildman–Crippen MR) is 68.4 cm³/mol. The van der Waals surface area contributed by atoms with Crippen LogP contribution >= 0.6 is 12.6 Å². The molecule has 0 rings (SSSR count). The van der Waals surface area contributed by atoms with E-state index >= 15 is 0 Å². The quantitative estimate of drug-likeness (QED) is 0.460. The third kappa shape index (κ3) is 5.52. The van der Waals surface area contributed by atoms with Crippen molar-refractivity contribution in [3.05, 3.63) is 10.6 Å². The van der Waals surface area contributed by atoms with Crippen LogP contribution in [0.5, 0.6) is 0 Å². The van der Waals surface area contributed by atoms with Crippen molar-refractivity contribution in [2.75, 3.05) is 13.1 Å². The number of amides is 2. The van der Waals surface area contributed by atoms with E-state index in [1.54, 1.807) is 19.2 Å². The van der Waals surface area contributed by atoms with Crippen LogP contribution in [0.1, 0.15) is 20.3 Å². The number of thiol groups is 1. The topological polar surface area (TPSA) is 73.2 Å². The van der Waals surface area contributed by atoms with Crippen molar-refractivity contribution in [3.63, 3.8) is 0 Å². The van der Waals surface area contributed by atoms with Crippen molar-refractivity contribution < 1.29 is 22.8 Å². The van der Waals surface area contributed by atoms with Gasteiger partial charge in [0, 0.05) is 13.0 Å². The second-order valence-electron chi connectivity index (χ2n) is 3.60. The molecule has 0 aromatic carbocycles. The molecule has 0 saturated carbocycles. The second kappa shape index (κ2) is 7.79. The normalized spacial score (nSPS) is 12.2. The first kappa shape index (κ1) is 18.3. The zero-order chi connectivity index (χ0) is 15.9. The summed E-state index contributed by atoms with van der Waals surface area (Å²) in [5.74, 6) is -1.62. The molecule has 5 nitrogen and oxygen atoms in total. The lowest BCUT2D eigenvalue weighted by molar-refractivity contribution is -0.136. The van der Waals surface area contributed by atoms with E-state index < -0.39 is 30.1 Å². The molecule has 20 heavy (non-hydrogen) atoms.